The largest absolute Gasteiger partial charge is 0.455 e. The number of aryl methyl sites for hydroxylation is 1. The number of carbonyl (C=O) groups is 3. The van der Waals surface area contributed by atoms with Crippen LogP contribution in [0.15, 0.2) is 54.6 Å². The molecule has 6 nitrogen and oxygen atoms in total. The van der Waals surface area contributed by atoms with Crippen molar-refractivity contribution in [3.63, 3.8) is 0 Å². The molecule has 0 saturated carbocycles. The van der Waals surface area contributed by atoms with Crippen molar-refractivity contribution in [1.29, 1.82) is 0 Å². The first-order chi connectivity index (χ1) is 13.6. The van der Waals surface area contributed by atoms with Gasteiger partial charge in [0.2, 0.25) is 5.91 Å². The molecule has 6 heteroatoms. The van der Waals surface area contributed by atoms with E-state index in [9.17, 15) is 14.4 Å². The first-order valence-electron chi connectivity index (χ1n) is 9.48. The van der Waals surface area contributed by atoms with Gasteiger partial charge in [-0.2, -0.15) is 0 Å². The number of anilines is 1. The third kappa shape index (κ3) is 5.42. The summed E-state index contributed by atoms with van der Waals surface area (Å²) >= 11 is 0. The van der Waals surface area contributed by atoms with Crippen molar-refractivity contribution in [2.24, 2.45) is 0 Å². The van der Waals surface area contributed by atoms with Gasteiger partial charge in [-0.1, -0.05) is 48.5 Å². The maximum absolute atomic E-state index is 12.4. The van der Waals surface area contributed by atoms with E-state index >= 15 is 0 Å². The van der Waals surface area contributed by atoms with Crippen LogP contribution in [0, 0.1) is 0 Å². The Bertz CT molecular complexity index is 835. The molecule has 1 aliphatic heterocycles. The van der Waals surface area contributed by atoms with Crippen molar-refractivity contribution >= 4 is 23.5 Å². The lowest BCUT2D eigenvalue weighted by molar-refractivity contribution is -0.147. The topological polar surface area (TPSA) is 75.7 Å². The average molecular weight is 380 g/mol. The predicted octanol–water partition coefficient (Wildman–Crippen LogP) is 2.26. The second kappa shape index (κ2) is 9.69. The number of fused-ring (bicyclic) bond motifs is 1. The van der Waals surface area contributed by atoms with E-state index in [0.29, 0.717) is 6.54 Å². The summed E-state index contributed by atoms with van der Waals surface area (Å²) in [5.74, 6) is -0.882. The van der Waals surface area contributed by atoms with Crippen molar-refractivity contribution in [3.8, 4) is 0 Å². The molecule has 0 fully saturated rings. The molecule has 0 saturated heterocycles. The Morgan fingerprint density at radius 3 is 2.57 bits per heavy atom. The zero-order chi connectivity index (χ0) is 19.8. The van der Waals surface area contributed by atoms with E-state index in [2.05, 4.69) is 5.32 Å². The highest BCUT2D eigenvalue weighted by Gasteiger charge is 2.22. The Balaban J connectivity index is 1.38. The van der Waals surface area contributed by atoms with E-state index in [4.69, 9.17) is 4.74 Å². The van der Waals surface area contributed by atoms with Gasteiger partial charge in [0.15, 0.2) is 6.61 Å². The number of ether oxygens (including phenoxy) is 1. The van der Waals surface area contributed by atoms with E-state index in [1.807, 2.05) is 54.6 Å². The quantitative estimate of drug-likeness (QED) is 0.748. The molecule has 2 aromatic rings. The molecule has 1 aliphatic rings. The SMILES string of the molecule is O=C(Cc1ccccc1)NCCC(=O)OCC(=O)N1CCCc2ccccc21. The van der Waals surface area contributed by atoms with Crippen molar-refractivity contribution in [2.75, 3.05) is 24.6 Å². The second-order valence-corrected chi connectivity index (χ2v) is 6.70. The van der Waals surface area contributed by atoms with Crippen molar-refractivity contribution in [3.05, 3.63) is 65.7 Å². The summed E-state index contributed by atoms with van der Waals surface area (Å²) in [5.41, 5.74) is 2.94. The van der Waals surface area contributed by atoms with Crippen LogP contribution in [0.25, 0.3) is 0 Å². The summed E-state index contributed by atoms with van der Waals surface area (Å²) in [4.78, 5) is 37.8. The average Bonchev–Trinajstić information content (AvgIpc) is 2.72. The predicted molar refractivity (Wildman–Crippen MR) is 106 cm³/mol. The first-order valence-corrected chi connectivity index (χ1v) is 9.48. The lowest BCUT2D eigenvalue weighted by atomic mass is 10.0. The molecule has 0 unspecified atom stereocenters. The van der Waals surface area contributed by atoms with Crippen LogP contribution in [0.4, 0.5) is 5.69 Å². The Labute approximate surface area is 164 Å². The molecule has 0 atom stereocenters. The molecule has 28 heavy (non-hydrogen) atoms. The van der Waals surface area contributed by atoms with Crippen molar-refractivity contribution in [1.82, 2.24) is 5.32 Å². The maximum Gasteiger partial charge on any atom is 0.308 e. The number of nitrogens with one attached hydrogen (secondary N) is 1. The Morgan fingerprint density at radius 2 is 1.75 bits per heavy atom. The summed E-state index contributed by atoms with van der Waals surface area (Å²) in [6.07, 6.45) is 2.14. The molecular weight excluding hydrogens is 356 g/mol. The Morgan fingerprint density at radius 1 is 1.00 bits per heavy atom. The van der Waals surface area contributed by atoms with Crippen LogP contribution in [0.1, 0.15) is 24.0 Å². The van der Waals surface area contributed by atoms with Gasteiger partial charge in [-0.25, -0.2) is 0 Å². The third-order valence-electron chi connectivity index (χ3n) is 4.63. The van der Waals surface area contributed by atoms with Crippen LogP contribution in [0.2, 0.25) is 0 Å². The van der Waals surface area contributed by atoms with Crippen LogP contribution in [0.5, 0.6) is 0 Å². The number of carbonyl (C=O) groups excluding carboxylic acids is 3. The zero-order valence-corrected chi connectivity index (χ0v) is 15.7. The normalized spacial score (nSPS) is 12.8. The van der Waals surface area contributed by atoms with E-state index in [-0.39, 0.29) is 37.8 Å². The number of benzene rings is 2. The number of hydrogen-bond acceptors (Lipinski definition) is 4. The molecule has 2 amide bonds. The number of hydrogen-bond donors (Lipinski definition) is 1. The van der Waals surface area contributed by atoms with Gasteiger partial charge >= 0.3 is 5.97 Å². The smallest absolute Gasteiger partial charge is 0.308 e. The van der Waals surface area contributed by atoms with Gasteiger partial charge in [-0.05, 0) is 30.0 Å². The molecule has 0 spiro atoms. The monoisotopic (exact) mass is 380 g/mol. The fourth-order valence-electron chi connectivity index (χ4n) is 3.23. The molecular formula is C22H24N2O4. The highest BCUT2D eigenvalue weighted by atomic mass is 16.5. The molecule has 0 bridgehead atoms. The molecule has 0 aromatic heterocycles. The number of para-hydroxylation sites is 1. The van der Waals surface area contributed by atoms with Crippen LogP contribution in [-0.2, 0) is 32.0 Å². The molecule has 146 valence electrons. The van der Waals surface area contributed by atoms with Gasteiger partial charge in [0.05, 0.1) is 12.8 Å². The van der Waals surface area contributed by atoms with Gasteiger partial charge in [0.1, 0.15) is 0 Å². The van der Waals surface area contributed by atoms with Gasteiger partial charge in [0, 0.05) is 18.8 Å². The summed E-state index contributed by atoms with van der Waals surface area (Å²) < 4.78 is 5.09. The fraction of sp³-hybridized carbons (Fsp3) is 0.318. The van der Waals surface area contributed by atoms with Gasteiger partial charge in [-0.3, -0.25) is 14.4 Å². The van der Waals surface area contributed by atoms with Crippen molar-refractivity contribution < 1.29 is 19.1 Å². The van der Waals surface area contributed by atoms with Crippen LogP contribution < -0.4 is 10.2 Å². The highest BCUT2D eigenvalue weighted by molar-refractivity contribution is 5.96. The Hall–Kier alpha value is -3.15. The summed E-state index contributed by atoms with van der Waals surface area (Å²) in [7, 11) is 0. The van der Waals surface area contributed by atoms with Gasteiger partial charge < -0.3 is 15.0 Å². The van der Waals surface area contributed by atoms with Crippen LogP contribution >= 0.6 is 0 Å². The lowest BCUT2D eigenvalue weighted by Crippen LogP contribution is -2.38. The summed E-state index contributed by atoms with van der Waals surface area (Å²) in [5, 5.41) is 2.69. The van der Waals surface area contributed by atoms with E-state index in [0.717, 1.165) is 29.7 Å². The van der Waals surface area contributed by atoms with E-state index < -0.39 is 5.97 Å². The zero-order valence-electron chi connectivity index (χ0n) is 15.7. The Kier molecular flexibility index (Phi) is 6.78. The number of esters is 1. The fourth-order valence-corrected chi connectivity index (χ4v) is 3.23. The third-order valence-corrected chi connectivity index (χ3v) is 4.63. The highest BCUT2D eigenvalue weighted by Crippen LogP contribution is 2.26. The second-order valence-electron chi connectivity index (χ2n) is 6.70. The lowest BCUT2D eigenvalue weighted by Gasteiger charge is -2.29. The van der Waals surface area contributed by atoms with E-state index in [1.165, 1.54) is 0 Å². The minimum Gasteiger partial charge on any atom is -0.455 e. The number of nitrogens with zero attached hydrogens (tertiary/aromatic N) is 1. The summed E-state index contributed by atoms with van der Waals surface area (Å²) in [6.45, 7) is 0.527. The maximum atomic E-state index is 12.4. The van der Waals surface area contributed by atoms with Crippen LogP contribution in [0.3, 0.4) is 0 Å². The number of amides is 2. The standard InChI is InChI=1S/C22H24N2O4/c25-20(15-17-7-2-1-3-8-17)23-13-12-22(27)28-16-21(26)24-14-6-10-18-9-4-5-11-19(18)24/h1-5,7-9,11H,6,10,12-16H2,(H,23,25). The molecule has 1 heterocycles. The molecule has 0 radical (unpaired) electrons. The van der Waals surface area contributed by atoms with E-state index in [1.54, 1.807) is 4.90 Å². The molecule has 3 rings (SSSR count). The minimum atomic E-state index is -0.501. The van der Waals surface area contributed by atoms with Crippen molar-refractivity contribution in [2.45, 2.75) is 25.7 Å². The molecule has 1 N–H and O–H groups in total. The first kappa shape index (κ1) is 19.6. The van der Waals surface area contributed by atoms with Gasteiger partial charge in [0.25, 0.3) is 5.91 Å². The van der Waals surface area contributed by atoms with Crippen LogP contribution in [-0.4, -0.2) is 37.5 Å². The van der Waals surface area contributed by atoms with Gasteiger partial charge in [-0.15, -0.1) is 0 Å². The minimum absolute atomic E-state index is 0.0321. The molecule has 0 aliphatic carbocycles. The molecule has 2 aromatic carbocycles. The number of rotatable bonds is 7. The summed E-state index contributed by atoms with van der Waals surface area (Å²) in [6, 6.07) is 17.2.